The second-order valence-electron chi connectivity index (χ2n) is 5.06. The highest BCUT2D eigenvalue weighted by Crippen LogP contribution is 2.25. The molecule has 0 saturated heterocycles. The van der Waals surface area contributed by atoms with Gasteiger partial charge in [0.25, 0.3) is 0 Å². The Morgan fingerprint density at radius 3 is 2.63 bits per heavy atom. The number of urea groups is 1. The van der Waals surface area contributed by atoms with Gasteiger partial charge < -0.3 is 15.7 Å². The molecule has 0 saturated carbocycles. The summed E-state index contributed by atoms with van der Waals surface area (Å²) in [6.07, 6.45) is 0.707. The second-order valence-corrected chi connectivity index (χ2v) is 6.52. The Hall–Kier alpha value is -1.07. The molecular weight excluding hydrogens is 260 g/mol. The average Bonchev–Trinajstić information content (AvgIpc) is 2.66. The molecule has 2 unspecified atom stereocenters. The summed E-state index contributed by atoms with van der Waals surface area (Å²) >= 11 is 1.75. The number of hydrogen-bond donors (Lipinski definition) is 3. The fourth-order valence-corrected chi connectivity index (χ4v) is 3.02. The number of aryl methyl sites for hydroxylation is 2. The van der Waals surface area contributed by atoms with E-state index < -0.39 is 0 Å². The van der Waals surface area contributed by atoms with E-state index in [-0.39, 0.29) is 24.6 Å². The van der Waals surface area contributed by atoms with Crippen molar-refractivity contribution in [3.8, 4) is 0 Å². The average molecular weight is 284 g/mol. The van der Waals surface area contributed by atoms with E-state index in [1.807, 2.05) is 13.8 Å². The summed E-state index contributed by atoms with van der Waals surface area (Å²) in [5.41, 5.74) is 1.18. The van der Waals surface area contributed by atoms with Gasteiger partial charge in [0, 0.05) is 22.9 Å². The lowest BCUT2D eigenvalue weighted by atomic mass is 10.1. The minimum absolute atomic E-state index is 0.0121. The van der Waals surface area contributed by atoms with E-state index >= 15 is 0 Å². The SMILES string of the molecule is Cc1cc(C(C)NC(=O)NCC(C)CCO)c(C)s1. The number of rotatable bonds is 6. The van der Waals surface area contributed by atoms with Crippen LogP contribution in [0.15, 0.2) is 6.07 Å². The van der Waals surface area contributed by atoms with E-state index in [1.54, 1.807) is 11.3 Å². The maximum atomic E-state index is 11.8. The van der Waals surface area contributed by atoms with Gasteiger partial charge in [0.1, 0.15) is 0 Å². The van der Waals surface area contributed by atoms with Crippen molar-refractivity contribution in [2.75, 3.05) is 13.2 Å². The van der Waals surface area contributed by atoms with Crippen LogP contribution in [0.2, 0.25) is 0 Å². The minimum atomic E-state index is -0.152. The molecule has 1 rings (SSSR count). The van der Waals surface area contributed by atoms with Crippen LogP contribution >= 0.6 is 11.3 Å². The van der Waals surface area contributed by atoms with Gasteiger partial charge in [-0.05, 0) is 44.7 Å². The van der Waals surface area contributed by atoms with Crippen molar-refractivity contribution in [1.82, 2.24) is 10.6 Å². The largest absolute Gasteiger partial charge is 0.396 e. The van der Waals surface area contributed by atoms with Crippen LogP contribution in [0.4, 0.5) is 4.79 Å². The fraction of sp³-hybridized carbons (Fsp3) is 0.643. The molecule has 1 aromatic rings. The van der Waals surface area contributed by atoms with E-state index in [4.69, 9.17) is 5.11 Å². The summed E-state index contributed by atoms with van der Waals surface area (Å²) in [4.78, 5) is 14.3. The van der Waals surface area contributed by atoms with Crippen LogP contribution in [0.1, 0.15) is 41.6 Å². The molecule has 4 nitrogen and oxygen atoms in total. The minimum Gasteiger partial charge on any atom is -0.396 e. The smallest absolute Gasteiger partial charge is 0.315 e. The van der Waals surface area contributed by atoms with Crippen molar-refractivity contribution >= 4 is 17.4 Å². The first-order chi connectivity index (χ1) is 8.93. The molecule has 2 amide bonds. The molecule has 0 aliphatic carbocycles. The molecule has 0 aliphatic rings. The molecule has 19 heavy (non-hydrogen) atoms. The zero-order chi connectivity index (χ0) is 14.4. The molecule has 0 fully saturated rings. The van der Waals surface area contributed by atoms with Crippen LogP contribution in [0, 0.1) is 19.8 Å². The van der Waals surface area contributed by atoms with E-state index in [0.29, 0.717) is 13.0 Å². The Kier molecular flexibility index (Phi) is 6.31. The molecule has 0 aliphatic heterocycles. The maximum Gasteiger partial charge on any atom is 0.315 e. The topological polar surface area (TPSA) is 61.4 Å². The van der Waals surface area contributed by atoms with E-state index in [0.717, 1.165) is 0 Å². The van der Waals surface area contributed by atoms with E-state index in [9.17, 15) is 4.79 Å². The summed E-state index contributed by atoms with van der Waals surface area (Å²) < 4.78 is 0. The van der Waals surface area contributed by atoms with E-state index in [2.05, 4.69) is 30.5 Å². The molecule has 5 heteroatoms. The van der Waals surface area contributed by atoms with Crippen LogP contribution in [0.3, 0.4) is 0 Å². The zero-order valence-electron chi connectivity index (χ0n) is 12.1. The van der Waals surface area contributed by atoms with Gasteiger partial charge in [-0.15, -0.1) is 11.3 Å². The summed E-state index contributed by atoms with van der Waals surface area (Å²) in [5.74, 6) is 0.288. The Bertz CT molecular complexity index is 418. The molecule has 1 heterocycles. The number of nitrogens with one attached hydrogen (secondary N) is 2. The van der Waals surface area contributed by atoms with Gasteiger partial charge in [-0.3, -0.25) is 0 Å². The highest BCUT2D eigenvalue weighted by molar-refractivity contribution is 7.12. The predicted octanol–water partition coefficient (Wildman–Crippen LogP) is 2.74. The molecule has 0 aromatic carbocycles. The van der Waals surface area contributed by atoms with Gasteiger partial charge in [-0.2, -0.15) is 0 Å². The number of amides is 2. The first-order valence-electron chi connectivity index (χ1n) is 6.66. The lowest BCUT2D eigenvalue weighted by Crippen LogP contribution is -2.39. The van der Waals surface area contributed by atoms with Gasteiger partial charge in [-0.25, -0.2) is 4.79 Å². The van der Waals surface area contributed by atoms with Gasteiger partial charge in [0.15, 0.2) is 0 Å². The summed E-state index contributed by atoms with van der Waals surface area (Å²) in [5, 5.41) is 14.6. The number of aliphatic hydroxyl groups is 1. The van der Waals surface area contributed by atoms with Gasteiger partial charge in [0.05, 0.1) is 6.04 Å². The number of thiophene rings is 1. The summed E-state index contributed by atoms with van der Waals surface area (Å²) in [6, 6.07) is 1.98. The Morgan fingerprint density at radius 2 is 2.11 bits per heavy atom. The monoisotopic (exact) mass is 284 g/mol. The maximum absolute atomic E-state index is 11.8. The third-order valence-electron chi connectivity index (χ3n) is 3.13. The molecule has 0 radical (unpaired) electrons. The Balaban J connectivity index is 2.42. The quantitative estimate of drug-likeness (QED) is 0.752. The van der Waals surface area contributed by atoms with Crippen LogP contribution in [-0.2, 0) is 0 Å². The lowest BCUT2D eigenvalue weighted by molar-refractivity contribution is 0.231. The van der Waals surface area contributed by atoms with Gasteiger partial charge >= 0.3 is 6.03 Å². The number of carbonyl (C=O) groups excluding carboxylic acids is 1. The van der Waals surface area contributed by atoms with Crippen LogP contribution in [-0.4, -0.2) is 24.3 Å². The highest BCUT2D eigenvalue weighted by atomic mass is 32.1. The van der Waals surface area contributed by atoms with Gasteiger partial charge in [0.2, 0.25) is 0 Å². The first kappa shape index (κ1) is 16.0. The Morgan fingerprint density at radius 1 is 1.42 bits per heavy atom. The van der Waals surface area contributed by atoms with Crippen molar-refractivity contribution in [3.63, 3.8) is 0 Å². The second kappa shape index (κ2) is 7.50. The standard InChI is InChI=1S/C14H24N2O2S/c1-9(5-6-17)8-15-14(18)16-11(3)13-7-10(2)19-12(13)4/h7,9,11,17H,5-6,8H2,1-4H3,(H2,15,16,18). The van der Waals surface area contributed by atoms with Crippen LogP contribution in [0.5, 0.6) is 0 Å². The molecule has 2 atom stereocenters. The summed E-state index contributed by atoms with van der Waals surface area (Å²) in [6.45, 7) is 8.89. The van der Waals surface area contributed by atoms with Crippen LogP contribution < -0.4 is 10.6 Å². The van der Waals surface area contributed by atoms with Crippen molar-refractivity contribution in [2.24, 2.45) is 5.92 Å². The molecule has 0 bridgehead atoms. The highest BCUT2D eigenvalue weighted by Gasteiger charge is 2.14. The zero-order valence-corrected chi connectivity index (χ0v) is 12.9. The molecule has 0 spiro atoms. The molecule has 108 valence electrons. The lowest BCUT2D eigenvalue weighted by Gasteiger charge is -2.16. The predicted molar refractivity (Wildman–Crippen MR) is 79.6 cm³/mol. The van der Waals surface area contributed by atoms with Gasteiger partial charge in [-0.1, -0.05) is 6.92 Å². The Labute approximate surface area is 119 Å². The van der Waals surface area contributed by atoms with Crippen LogP contribution in [0.25, 0.3) is 0 Å². The summed E-state index contributed by atoms with van der Waals surface area (Å²) in [7, 11) is 0. The number of carbonyl (C=O) groups is 1. The van der Waals surface area contributed by atoms with Crippen molar-refractivity contribution in [2.45, 2.75) is 40.2 Å². The number of aliphatic hydroxyl groups excluding tert-OH is 1. The van der Waals surface area contributed by atoms with Crippen molar-refractivity contribution in [3.05, 3.63) is 21.4 Å². The molecule has 3 N–H and O–H groups in total. The number of hydrogen-bond acceptors (Lipinski definition) is 3. The molecular formula is C14H24N2O2S. The first-order valence-corrected chi connectivity index (χ1v) is 7.47. The third-order valence-corrected chi connectivity index (χ3v) is 4.11. The van der Waals surface area contributed by atoms with Crippen molar-refractivity contribution in [1.29, 1.82) is 0 Å². The van der Waals surface area contributed by atoms with E-state index in [1.165, 1.54) is 15.3 Å². The molecule has 1 aromatic heterocycles. The fourth-order valence-electron chi connectivity index (χ4n) is 2.00. The normalized spacial score (nSPS) is 13.9. The van der Waals surface area contributed by atoms with Crippen molar-refractivity contribution < 1.29 is 9.90 Å². The third kappa shape index (κ3) is 5.20.